The number of ether oxygens (including phenoxy) is 1. The fourth-order valence-corrected chi connectivity index (χ4v) is 4.67. The summed E-state index contributed by atoms with van der Waals surface area (Å²) >= 11 is 7.06. The molecule has 31 heavy (non-hydrogen) atoms. The van der Waals surface area contributed by atoms with Gasteiger partial charge in [-0.3, -0.25) is 14.6 Å². The third-order valence-corrected chi connectivity index (χ3v) is 6.52. The predicted octanol–water partition coefficient (Wildman–Crippen LogP) is 3.64. The Labute approximate surface area is 189 Å². The number of anilines is 2. The maximum Gasteiger partial charge on any atom is 0.414 e. The Morgan fingerprint density at radius 2 is 2.13 bits per heavy atom. The second-order valence-electron chi connectivity index (χ2n) is 7.33. The molecular formula is C21H23ClN4O4S. The first-order valence-electron chi connectivity index (χ1n) is 10.2. The number of hydrogen-bond donors (Lipinski definition) is 2. The number of benzene rings is 1. The van der Waals surface area contributed by atoms with E-state index < -0.39 is 12.2 Å². The Bertz CT molecular complexity index is 1010. The summed E-state index contributed by atoms with van der Waals surface area (Å²) in [5.74, 6) is -0.246. The maximum absolute atomic E-state index is 12.4. The van der Waals surface area contributed by atoms with Crippen LogP contribution in [0.25, 0.3) is 0 Å². The van der Waals surface area contributed by atoms with Crippen molar-refractivity contribution >= 4 is 52.3 Å². The summed E-state index contributed by atoms with van der Waals surface area (Å²) in [6, 6.07) is 8.85. The summed E-state index contributed by atoms with van der Waals surface area (Å²) in [6.07, 6.45) is 0.701. The highest BCUT2D eigenvalue weighted by Gasteiger charge is 2.33. The summed E-state index contributed by atoms with van der Waals surface area (Å²) in [5, 5.41) is 5.65. The average Bonchev–Trinajstić information content (AvgIpc) is 3.37. The molecule has 0 unspecified atom stereocenters. The second kappa shape index (κ2) is 9.15. The van der Waals surface area contributed by atoms with Crippen LogP contribution in [0.15, 0.2) is 30.3 Å². The zero-order chi connectivity index (χ0) is 22.0. The van der Waals surface area contributed by atoms with E-state index in [1.165, 1.54) is 11.3 Å². The van der Waals surface area contributed by atoms with Crippen LogP contribution >= 0.6 is 22.9 Å². The number of cyclic esters (lactones) is 1. The Morgan fingerprint density at radius 3 is 2.84 bits per heavy atom. The minimum absolute atomic E-state index is 0.0999. The lowest BCUT2D eigenvalue weighted by molar-refractivity contribution is 0.0920. The third-order valence-electron chi connectivity index (χ3n) is 5.29. The fraction of sp³-hybridized carbons (Fsp3) is 0.381. The highest BCUT2D eigenvalue weighted by molar-refractivity contribution is 7.18. The number of urea groups is 1. The van der Waals surface area contributed by atoms with Crippen molar-refractivity contribution in [3.8, 4) is 0 Å². The van der Waals surface area contributed by atoms with Gasteiger partial charge >= 0.3 is 12.1 Å². The predicted molar refractivity (Wildman–Crippen MR) is 120 cm³/mol. The van der Waals surface area contributed by atoms with Gasteiger partial charge in [-0.15, -0.1) is 11.3 Å². The number of nitrogens with one attached hydrogen (secondary N) is 2. The van der Waals surface area contributed by atoms with Crippen LogP contribution < -0.4 is 20.4 Å². The van der Waals surface area contributed by atoms with Crippen molar-refractivity contribution in [3.05, 3.63) is 45.1 Å². The Kier molecular flexibility index (Phi) is 6.33. The number of carbonyl (C=O) groups excluding carboxylic acids is 3. The largest absolute Gasteiger partial charge is 0.442 e. The number of thiophene rings is 1. The molecule has 164 valence electrons. The van der Waals surface area contributed by atoms with Crippen LogP contribution in [0.5, 0.6) is 0 Å². The van der Waals surface area contributed by atoms with E-state index in [9.17, 15) is 14.4 Å². The quantitative estimate of drug-likeness (QED) is 0.685. The van der Waals surface area contributed by atoms with Gasteiger partial charge in [0.2, 0.25) is 0 Å². The van der Waals surface area contributed by atoms with Crippen LogP contribution in [0, 0.1) is 0 Å². The molecule has 4 amide bonds. The van der Waals surface area contributed by atoms with Gasteiger partial charge in [-0.25, -0.2) is 9.59 Å². The Hall–Kier alpha value is -2.78. The summed E-state index contributed by atoms with van der Waals surface area (Å²) in [6.45, 7) is 3.91. The van der Waals surface area contributed by atoms with Crippen LogP contribution in [0.1, 0.15) is 28.6 Å². The van der Waals surface area contributed by atoms with Crippen molar-refractivity contribution in [1.82, 2.24) is 10.6 Å². The molecule has 0 bridgehead atoms. The zero-order valence-corrected chi connectivity index (χ0v) is 18.6. The topological polar surface area (TPSA) is 91.0 Å². The van der Waals surface area contributed by atoms with Gasteiger partial charge in [0.05, 0.1) is 22.3 Å². The number of aryl methyl sites for hydroxylation is 1. The van der Waals surface area contributed by atoms with Gasteiger partial charge in [-0.1, -0.05) is 18.5 Å². The van der Waals surface area contributed by atoms with Gasteiger partial charge in [0.1, 0.15) is 6.10 Å². The minimum atomic E-state index is -0.455. The molecule has 4 rings (SSSR count). The molecule has 1 atom stereocenters. The highest BCUT2D eigenvalue weighted by atomic mass is 35.5. The van der Waals surface area contributed by atoms with Crippen LogP contribution in [0.3, 0.4) is 0 Å². The van der Waals surface area contributed by atoms with E-state index in [1.807, 2.05) is 25.1 Å². The number of hydrogen-bond acceptors (Lipinski definition) is 5. The first kappa shape index (κ1) is 21.5. The average molecular weight is 463 g/mol. The molecule has 2 aliphatic rings. The molecule has 8 nitrogen and oxygen atoms in total. The molecule has 2 saturated heterocycles. The van der Waals surface area contributed by atoms with Crippen molar-refractivity contribution in [2.75, 3.05) is 36.0 Å². The van der Waals surface area contributed by atoms with Crippen molar-refractivity contribution < 1.29 is 19.1 Å². The second-order valence-corrected chi connectivity index (χ2v) is 9.05. The van der Waals surface area contributed by atoms with Crippen molar-refractivity contribution in [1.29, 1.82) is 0 Å². The first-order valence-corrected chi connectivity index (χ1v) is 11.4. The molecule has 2 aliphatic heterocycles. The van der Waals surface area contributed by atoms with Gasteiger partial charge in [-0.2, -0.15) is 0 Å². The van der Waals surface area contributed by atoms with E-state index >= 15 is 0 Å². The van der Waals surface area contributed by atoms with Crippen LogP contribution in [0.4, 0.5) is 21.0 Å². The monoisotopic (exact) mass is 462 g/mol. The fourth-order valence-electron chi connectivity index (χ4n) is 3.71. The van der Waals surface area contributed by atoms with E-state index in [0.717, 1.165) is 24.1 Å². The number of amides is 4. The maximum atomic E-state index is 12.4. The van der Waals surface area contributed by atoms with Crippen LogP contribution in [-0.4, -0.2) is 50.3 Å². The molecule has 1 aromatic heterocycles. The van der Waals surface area contributed by atoms with E-state index in [2.05, 4.69) is 10.6 Å². The summed E-state index contributed by atoms with van der Waals surface area (Å²) < 4.78 is 5.97. The lowest BCUT2D eigenvalue weighted by Crippen LogP contribution is -2.46. The van der Waals surface area contributed by atoms with Crippen molar-refractivity contribution in [2.24, 2.45) is 0 Å². The lowest BCUT2D eigenvalue weighted by atomic mass is 10.1. The van der Waals surface area contributed by atoms with Gasteiger partial charge < -0.3 is 15.4 Å². The molecule has 10 heteroatoms. The van der Waals surface area contributed by atoms with E-state index in [0.29, 0.717) is 34.5 Å². The molecule has 0 aliphatic carbocycles. The van der Waals surface area contributed by atoms with Crippen molar-refractivity contribution in [2.45, 2.75) is 25.9 Å². The first-order chi connectivity index (χ1) is 15.0. The SMILES string of the molecule is CCc1cc(N2C[C@H](CNC(=O)c3ccc(Cl)s3)OC2=O)ccc1N1CCCNC1=O. The molecule has 0 saturated carbocycles. The zero-order valence-electron chi connectivity index (χ0n) is 17.0. The Balaban J connectivity index is 1.42. The summed E-state index contributed by atoms with van der Waals surface area (Å²) in [4.78, 5) is 40.7. The normalized spacial score (nSPS) is 18.7. The summed E-state index contributed by atoms with van der Waals surface area (Å²) in [7, 11) is 0. The van der Waals surface area contributed by atoms with Crippen LogP contribution in [-0.2, 0) is 11.2 Å². The molecule has 1 aromatic carbocycles. The third kappa shape index (κ3) is 4.62. The summed E-state index contributed by atoms with van der Waals surface area (Å²) in [5.41, 5.74) is 2.55. The molecule has 2 N–H and O–H groups in total. The Morgan fingerprint density at radius 1 is 1.29 bits per heavy atom. The molecular weight excluding hydrogens is 440 g/mol. The number of rotatable bonds is 6. The molecule has 0 radical (unpaired) electrons. The molecule has 2 aromatic rings. The molecule has 3 heterocycles. The number of halogens is 1. The van der Waals surface area contributed by atoms with E-state index in [4.69, 9.17) is 16.3 Å². The van der Waals surface area contributed by atoms with Gasteiger partial charge in [0, 0.05) is 24.5 Å². The number of carbonyl (C=O) groups is 3. The molecule has 2 fully saturated rings. The highest BCUT2D eigenvalue weighted by Crippen LogP contribution is 2.30. The van der Waals surface area contributed by atoms with Crippen LogP contribution in [0.2, 0.25) is 4.34 Å². The van der Waals surface area contributed by atoms with Gasteiger partial charge in [-0.05, 0) is 48.7 Å². The smallest absolute Gasteiger partial charge is 0.414 e. The lowest BCUT2D eigenvalue weighted by Gasteiger charge is -2.29. The van der Waals surface area contributed by atoms with E-state index in [1.54, 1.807) is 21.9 Å². The van der Waals surface area contributed by atoms with E-state index in [-0.39, 0.29) is 18.5 Å². The standard InChI is InChI=1S/C21H23ClN4O4S/c1-2-13-10-14(4-5-16(13)25-9-3-8-23-20(25)28)26-12-15(30-21(26)29)11-24-19(27)17-6-7-18(22)31-17/h4-7,10,15H,2-3,8-9,11-12H2,1H3,(H,23,28)(H,24,27)/t15-/m0/s1. The van der Waals surface area contributed by atoms with Gasteiger partial charge in [0.15, 0.2) is 0 Å². The molecule has 0 spiro atoms. The van der Waals surface area contributed by atoms with Crippen molar-refractivity contribution in [3.63, 3.8) is 0 Å². The van der Waals surface area contributed by atoms with Gasteiger partial charge in [0.25, 0.3) is 5.91 Å². The minimum Gasteiger partial charge on any atom is -0.442 e. The number of nitrogens with zero attached hydrogens (tertiary/aromatic N) is 2.